The molecule has 0 aliphatic carbocycles. The molecule has 0 saturated heterocycles. The molecule has 0 bridgehead atoms. The second-order valence-corrected chi connectivity index (χ2v) is 5.57. The van der Waals surface area contributed by atoms with Crippen molar-refractivity contribution in [3.05, 3.63) is 23.8 Å². The topological polar surface area (TPSA) is 72.2 Å². The number of hydrogen-bond acceptors (Lipinski definition) is 3. The Hall–Kier alpha value is -1.07. The maximum Gasteiger partial charge on any atom is 0.240 e. The molecule has 4 nitrogen and oxygen atoms in total. The number of aryl methyl sites for hydroxylation is 1. The Bertz CT molecular complexity index is 432. The molecular weight excluding hydrogens is 212 g/mol. The highest BCUT2D eigenvalue weighted by atomic mass is 32.2. The second-order valence-electron chi connectivity index (χ2n) is 3.86. The Morgan fingerprint density at radius 2 is 1.87 bits per heavy atom. The summed E-state index contributed by atoms with van der Waals surface area (Å²) in [6.45, 7) is 5.36. The van der Waals surface area contributed by atoms with Crippen LogP contribution in [0.15, 0.2) is 23.1 Å². The summed E-state index contributed by atoms with van der Waals surface area (Å²) < 4.78 is 26.1. The predicted octanol–water partition coefficient (Wildman–Crippen LogP) is 1.26. The summed E-state index contributed by atoms with van der Waals surface area (Å²) in [6, 6.07) is 4.66. The van der Waals surface area contributed by atoms with Gasteiger partial charge in [0.25, 0.3) is 0 Å². The molecule has 0 amide bonds. The standard InChI is InChI=1S/C10H16N2O2S/c1-7(2)12-15(13,14)10-5-8(3)4-9(11)6-10/h4-7,12H,11H2,1-3H3. The van der Waals surface area contributed by atoms with Crippen LogP contribution in [0.3, 0.4) is 0 Å². The first-order valence-corrected chi connectivity index (χ1v) is 6.19. The van der Waals surface area contributed by atoms with Gasteiger partial charge in [0.05, 0.1) is 4.90 Å². The molecule has 1 aromatic carbocycles. The number of benzene rings is 1. The fraction of sp³-hybridized carbons (Fsp3) is 0.400. The summed E-state index contributed by atoms with van der Waals surface area (Å²) in [6.07, 6.45) is 0. The fourth-order valence-electron chi connectivity index (χ4n) is 1.31. The SMILES string of the molecule is Cc1cc(N)cc(S(=O)(=O)NC(C)C)c1. The predicted molar refractivity (Wildman–Crippen MR) is 61.0 cm³/mol. The monoisotopic (exact) mass is 228 g/mol. The molecule has 0 aromatic heterocycles. The van der Waals surface area contributed by atoms with Crippen molar-refractivity contribution in [3.63, 3.8) is 0 Å². The average Bonchev–Trinajstić information content (AvgIpc) is 1.99. The fourth-order valence-corrected chi connectivity index (χ4v) is 2.70. The third-order valence-corrected chi connectivity index (χ3v) is 3.41. The minimum Gasteiger partial charge on any atom is -0.399 e. The van der Waals surface area contributed by atoms with Gasteiger partial charge in [-0.2, -0.15) is 0 Å². The molecule has 0 fully saturated rings. The maximum absolute atomic E-state index is 11.8. The van der Waals surface area contributed by atoms with Gasteiger partial charge in [-0.15, -0.1) is 0 Å². The Labute approximate surface area is 90.5 Å². The molecule has 0 radical (unpaired) electrons. The lowest BCUT2D eigenvalue weighted by atomic mass is 10.2. The molecule has 0 aliphatic rings. The zero-order valence-electron chi connectivity index (χ0n) is 9.11. The van der Waals surface area contributed by atoms with Crippen LogP contribution in [0, 0.1) is 6.92 Å². The highest BCUT2D eigenvalue weighted by Crippen LogP contribution is 2.16. The van der Waals surface area contributed by atoms with Crippen molar-refractivity contribution in [2.45, 2.75) is 31.7 Å². The van der Waals surface area contributed by atoms with E-state index in [0.29, 0.717) is 5.69 Å². The first kappa shape index (κ1) is 12.0. The summed E-state index contributed by atoms with van der Waals surface area (Å²) in [4.78, 5) is 0.216. The van der Waals surface area contributed by atoms with Crippen molar-refractivity contribution in [1.29, 1.82) is 0 Å². The van der Waals surface area contributed by atoms with Crippen molar-refractivity contribution in [1.82, 2.24) is 4.72 Å². The number of anilines is 1. The quantitative estimate of drug-likeness (QED) is 0.765. The number of hydrogen-bond donors (Lipinski definition) is 2. The number of sulfonamides is 1. The number of nitrogens with one attached hydrogen (secondary N) is 1. The van der Waals surface area contributed by atoms with E-state index < -0.39 is 10.0 Å². The molecular formula is C10H16N2O2S. The first-order valence-electron chi connectivity index (χ1n) is 4.71. The summed E-state index contributed by atoms with van der Waals surface area (Å²) in [5.74, 6) is 0. The molecule has 0 spiro atoms. The third-order valence-electron chi connectivity index (χ3n) is 1.77. The van der Waals surface area contributed by atoms with E-state index in [1.54, 1.807) is 26.0 Å². The van der Waals surface area contributed by atoms with Crippen LogP contribution in [0.5, 0.6) is 0 Å². The van der Waals surface area contributed by atoms with Crippen LogP contribution in [0.25, 0.3) is 0 Å². The van der Waals surface area contributed by atoms with Crippen molar-refractivity contribution < 1.29 is 8.42 Å². The largest absolute Gasteiger partial charge is 0.399 e. The van der Waals surface area contributed by atoms with E-state index in [1.165, 1.54) is 6.07 Å². The van der Waals surface area contributed by atoms with E-state index in [2.05, 4.69) is 4.72 Å². The van der Waals surface area contributed by atoms with E-state index in [1.807, 2.05) is 6.92 Å². The van der Waals surface area contributed by atoms with Gasteiger partial charge in [0.15, 0.2) is 0 Å². The van der Waals surface area contributed by atoms with Gasteiger partial charge in [0.1, 0.15) is 0 Å². The van der Waals surface area contributed by atoms with Crippen LogP contribution in [0.1, 0.15) is 19.4 Å². The summed E-state index contributed by atoms with van der Waals surface area (Å²) in [5, 5.41) is 0. The van der Waals surface area contributed by atoms with Crippen LogP contribution < -0.4 is 10.5 Å². The van der Waals surface area contributed by atoms with Crippen molar-refractivity contribution in [2.24, 2.45) is 0 Å². The van der Waals surface area contributed by atoms with Gasteiger partial charge >= 0.3 is 0 Å². The Morgan fingerprint density at radius 1 is 1.27 bits per heavy atom. The molecule has 0 aliphatic heterocycles. The normalized spacial score (nSPS) is 12.0. The zero-order chi connectivity index (χ0) is 11.6. The lowest BCUT2D eigenvalue weighted by Gasteiger charge is -2.10. The van der Waals surface area contributed by atoms with E-state index in [-0.39, 0.29) is 10.9 Å². The van der Waals surface area contributed by atoms with E-state index in [9.17, 15) is 8.42 Å². The average molecular weight is 228 g/mol. The number of rotatable bonds is 3. The highest BCUT2D eigenvalue weighted by Gasteiger charge is 2.15. The molecule has 0 unspecified atom stereocenters. The van der Waals surface area contributed by atoms with Crippen LogP contribution in [-0.4, -0.2) is 14.5 Å². The second kappa shape index (κ2) is 4.20. The summed E-state index contributed by atoms with van der Waals surface area (Å²) >= 11 is 0. The summed E-state index contributed by atoms with van der Waals surface area (Å²) in [7, 11) is -3.43. The lowest BCUT2D eigenvalue weighted by molar-refractivity contribution is 0.570. The Morgan fingerprint density at radius 3 is 2.33 bits per heavy atom. The number of nitrogens with two attached hydrogens (primary N) is 1. The van der Waals surface area contributed by atoms with Gasteiger partial charge in [-0.1, -0.05) is 0 Å². The molecule has 0 heterocycles. The highest BCUT2D eigenvalue weighted by molar-refractivity contribution is 7.89. The molecule has 84 valence electrons. The summed E-state index contributed by atoms with van der Waals surface area (Å²) in [5.41, 5.74) is 6.88. The zero-order valence-corrected chi connectivity index (χ0v) is 9.93. The smallest absolute Gasteiger partial charge is 0.240 e. The minimum atomic E-state index is -3.43. The van der Waals surface area contributed by atoms with Crippen molar-refractivity contribution in [3.8, 4) is 0 Å². The van der Waals surface area contributed by atoms with Crippen molar-refractivity contribution in [2.75, 3.05) is 5.73 Å². The van der Waals surface area contributed by atoms with E-state index in [0.717, 1.165) is 5.56 Å². The molecule has 1 rings (SSSR count). The number of nitrogen functional groups attached to an aromatic ring is 1. The van der Waals surface area contributed by atoms with Gasteiger partial charge in [-0.05, 0) is 44.5 Å². The molecule has 0 saturated carbocycles. The minimum absolute atomic E-state index is 0.128. The molecule has 3 N–H and O–H groups in total. The Kier molecular flexibility index (Phi) is 3.36. The van der Waals surface area contributed by atoms with Gasteiger partial charge in [0.2, 0.25) is 10.0 Å². The molecule has 5 heteroatoms. The van der Waals surface area contributed by atoms with E-state index >= 15 is 0 Å². The van der Waals surface area contributed by atoms with Crippen LogP contribution in [0.4, 0.5) is 5.69 Å². The van der Waals surface area contributed by atoms with E-state index in [4.69, 9.17) is 5.73 Å². The van der Waals surface area contributed by atoms with Crippen LogP contribution >= 0.6 is 0 Å². The molecule has 1 aromatic rings. The lowest BCUT2D eigenvalue weighted by Crippen LogP contribution is -2.30. The Balaban J connectivity index is 3.16. The molecule has 15 heavy (non-hydrogen) atoms. The maximum atomic E-state index is 11.8. The van der Waals surface area contributed by atoms with Gasteiger partial charge in [-0.3, -0.25) is 0 Å². The third kappa shape index (κ3) is 3.21. The van der Waals surface area contributed by atoms with Gasteiger partial charge < -0.3 is 5.73 Å². The van der Waals surface area contributed by atoms with Crippen molar-refractivity contribution >= 4 is 15.7 Å². The van der Waals surface area contributed by atoms with Crippen LogP contribution in [0.2, 0.25) is 0 Å². The van der Waals surface area contributed by atoms with Gasteiger partial charge in [-0.25, -0.2) is 13.1 Å². The molecule has 0 atom stereocenters. The van der Waals surface area contributed by atoms with Crippen LogP contribution in [-0.2, 0) is 10.0 Å². The first-order chi connectivity index (χ1) is 6.81. The van der Waals surface area contributed by atoms with Gasteiger partial charge in [0, 0.05) is 11.7 Å².